The maximum absolute atomic E-state index is 12.7. The third kappa shape index (κ3) is 2.98. The van der Waals surface area contributed by atoms with Crippen LogP contribution in [0, 0.1) is 5.41 Å². The van der Waals surface area contributed by atoms with Crippen LogP contribution in [0.2, 0.25) is 5.02 Å². The van der Waals surface area contributed by atoms with Crippen LogP contribution in [-0.2, 0) is 15.1 Å². The second-order valence-corrected chi connectivity index (χ2v) is 10.3. The van der Waals surface area contributed by atoms with Crippen LogP contribution in [0.15, 0.2) is 36.5 Å². The molecule has 2 aromatic rings. The first-order chi connectivity index (χ1) is 13.7. The van der Waals surface area contributed by atoms with E-state index in [2.05, 4.69) is 34.3 Å². The number of carbonyl (C=O) groups is 1. The number of halogens is 1. The van der Waals surface area contributed by atoms with Gasteiger partial charge in [0.2, 0.25) is 5.91 Å². The number of carbonyl (C=O) groups excluding carboxylic acids is 1. The molecular weight excluding hydrogens is 386 g/mol. The summed E-state index contributed by atoms with van der Waals surface area (Å²) < 4.78 is 8.77. The Bertz CT molecular complexity index is 969. The van der Waals surface area contributed by atoms with Crippen LogP contribution in [0.25, 0.3) is 5.69 Å². The lowest BCUT2D eigenvalue weighted by Gasteiger charge is -2.42. The van der Waals surface area contributed by atoms with Crippen molar-refractivity contribution < 1.29 is 9.53 Å². The van der Waals surface area contributed by atoms with Crippen molar-refractivity contribution in [2.45, 2.75) is 51.2 Å². The Morgan fingerprint density at radius 1 is 1.21 bits per heavy atom. The zero-order valence-corrected chi connectivity index (χ0v) is 18.1. The Morgan fingerprint density at radius 2 is 1.97 bits per heavy atom. The Labute approximate surface area is 177 Å². The van der Waals surface area contributed by atoms with Crippen LogP contribution in [0.4, 0.5) is 5.69 Å². The van der Waals surface area contributed by atoms with Crippen molar-refractivity contribution in [1.82, 2.24) is 9.47 Å². The van der Waals surface area contributed by atoms with Gasteiger partial charge in [0.05, 0.1) is 29.3 Å². The van der Waals surface area contributed by atoms with Gasteiger partial charge in [-0.05, 0) is 43.2 Å². The molecule has 6 heteroatoms. The van der Waals surface area contributed by atoms with Gasteiger partial charge in [0.25, 0.3) is 0 Å². The molecule has 4 heterocycles. The number of benzene rings is 1. The third-order valence-electron chi connectivity index (χ3n) is 6.68. The van der Waals surface area contributed by atoms with E-state index in [4.69, 9.17) is 16.3 Å². The lowest BCUT2D eigenvalue weighted by atomic mass is 9.79. The van der Waals surface area contributed by atoms with Gasteiger partial charge in [-0.3, -0.25) is 4.79 Å². The predicted octanol–water partition coefficient (Wildman–Crippen LogP) is 4.58. The van der Waals surface area contributed by atoms with Crippen molar-refractivity contribution in [3.05, 3.63) is 47.2 Å². The van der Waals surface area contributed by atoms with Crippen molar-refractivity contribution in [2.75, 3.05) is 25.0 Å². The molecule has 5 rings (SSSR count). The van der Waals surface area contributed by atoms with Gasteiger partial charge in [-0.1, -0.05) is 32.4 Å². The first-order valence-corrected chi connectivity index (χ1v) is 10.8. The van der Waals surface area contributed by atoms with E-state index in [-0.39, 0.29) is 22.5 Å². The highest BCUT2D eigenvalue weighted by Crippen LogP contribution is 2.50. The maximum Gasteiger partial charge on any atom is 0.227 e. The number of piperidine rings is 1. The number of ether oxygens (including phenoxy) is 1. The second kappa shape index (κ2) is 6.26. The molecule has 1 N–H and O–H groups in total. The summed E-state index contributed by atoms with van der Waals surface area (Å²) in [5.41, 5.74) is 2.60. The Balaban J connectivity index is 1.41. The molecule has 2 spiro atoms. The van der Waals surface area contributed by atoms with E-state index < -0.39 is 0 Å². The molecule has 0 bridgehead atoms. The first kappa shape index (κ1) is 19.0. The highest BCUT2D eigenvalue weighted by Gasteiger charge is 2.54. The van der Waals surface area contributed by atoms with Gasteiger partial charge < -0.3 is 19.5 Å². The minimum atomic E-state index is -0.336. The molecule has 154 valence electrons. The van der Waals surface area contributed by atoms with E-state index in [9.17, 15) is 4.79 Å². The van der Waals surface area contributed by atoms with E-state index in [1.54, 1.807) is 0 Å². The number of nitrogens with one attached hydrogen (secondary N) is 1. The number of fused-ring (bicyclic) bond motifs is 4. The maximum atomic E-state index is 12.7. The smallest absolute Gasteiger partial charge is 0.227 e. The molecule has 2 fully saturated rings. The number of amides is 1. The van der Waals surface area contributed by atoms with Crippen molar-refractivity contribution >= 4 is 23.2 Å². The summed E-state index contributed by atoms with van der Waals surface area (Å²) in [7, 11) is 0. The minimum absolute atomic E-state index is 0.188. The molecule has 3 aliphatic rings. The molecule has 0 unspecified atom stereocenters. The third-order valence-corrected chi connectivity index (χ3v) is 6.92. The van der Waals surface area contributed by atoms with Gasteiger partial charge in [-0.2, -0.15) is 0 Å². The highest BCUT2D eigenvalue weighted by molar-refractivity contribution is 6.31. The summed E-state index contributed by atoms with van der Waals surface area (Å²) >= 11 is 6.28. The Morgan fingerprint density at radius 3 is 2.69 bits per heavy atom. The van der Waals surface area contributed by atoms with Crippen LogP contribution in [0.1, 0.15) is 45.7 Å². The lowest BCUT2D eigenvalue weighted by molar-refractivity contribution is -0.144. The standard InChI is InChI=1S/C23H28ClN3O2/c1-21(2,3)20(28)26-11-8-22(9-12-26)14-23(15-29-22)19-5-4-10-27(19)18-7-6-16(24)13-17(18)25-23/h4-7,10,13,25H,8-9,11-12,14-15H2,1-3H3/t23-/m0/s1. The second-order valence-electron chi connectivity index (χ2n) is 9.82. The molecule has 1 amide bonds. The zero-order valence-electron chi connectivity index (χ0n) is 17.3. The Kier molecular flexibility index (Phi) is 4.10. The quantitative estimate of drug-likeness (QED) is 0.687. The van der Waals surface area contributed by atoms with Crippen molar-refractivity contribution in [3.8, 4) is 5.69 Å². The lowest BCUT2D eigenvalue weighted by Crippen LogP contribution is -2.50. The number of nitrogens with zero attached hydrogens (tertiary/aromatic N) is 2. The van der Waals surface area contributed by atoms with Crippen LogP contribution in [0.3, 0.4) is 0 Å². The first-order valence-electron chi connectivity index (χ1n) is 10.4. The molecular formula is C23H28ClN3O2. The van der Waals surface area contributed by atoms with Gasteiger partial charge in [0, 0.05) is 36.1 Å². The van der Waals surface area contributed by atoms with Gasteiger partial charge in [0.1, 0.15) is 5.54 Å². The number of aromatic nitrogens is 1. The molecule has 5 nitrogen and oxygen atoms in total. The Hall–Kier alpha value is -1.98. The number of rotatable bonds is 0. The van der Waals surface area contributed by atoms with Crippen LogP contribution in [-0.4, -0.2) is 40.7 Å². The number of anilines is 1. The van der Waals surface area contributed by atoms with Crippen molar-refractivity contribution in [1.29, 1.82) is 0 Å². The van der Waals surface area contributed by atoms with E-state index in [0.717, 1.165) is 48.7 Å². The largest absolute Gasteiger partial charge is 0.372 e. The fourth-order valence-corrected chi connectivity index (χ4v) is 5.38. The number of likely N-dealkylation sites (tertiary alicyclic amines) is 1. The van der Waals surface area contributed by atoms with E-state index in [1.807, 2.05) is 37.8 Å². The van der Waals surface area contributed by atoms with Crippen LogP contribution >= 0.6 is 11.6 Å². The normalized spacial score (nSPS) is 25.0. The summed E-state index contributed by atoms with van der Waals surface area (Å²) in [5.74, 6) is 0.230. The topological polar surface area (TPSA) is 46.5 Å². The SMILES string of the molecule is CC(C)(C)C(=O)N1CCC2(CC1)C[C@@]1(CO2)Nc2cc(Cl)ccc2-n2cccc21. The number of hydrogen-bond donors (Lipinski definition) is 1. The van der Waals surface area contributed by atoms with E-state index in [0.29, 0.717) is 6.61 Å². The molecule has 1 aromatic carbocycles. The summed E-state index contributed by atoms with van der Waals surface area (Å²) in [6.45, 7) is 8.11. The van der Waals surface area contributed by atoms with Crippen LogP contribution < -0.4 is 5.32 Å². The summed E-state index contributed by atoms with van der Waals surface area (Å²) in [4.78, 5) is 14.7. The van der Waals surface area contributed by atoms with Gasteiger partial charge in [-0.25, -0.2) is 0 Å². The molecule has 0 radical (unpaired) electrons. The molecule has 1 atom stereocenters. The molecule has 29 heavy (non-hydrogen) atoms. The van der Waals surface area contributed by atoms with Gasteiger partial charge in [-0.15, -0.1) is 0 Å². The summed E-state index contributed by atoms with van der Waals surface area (Å²) in [6.07, 6.45) is 4.76. The van der Waals surface area contributed by atoms with Crippen LogP contribution in [0.5, 0.6) is 0 Å². The fraction of sp³-hybridized carbons (Fsp3) is 0.522. The van der Waals surface area contributed by atoms with E-state index in [1.165, 1.54) is 5.69 Å². The fourth-order valence-electron chi connectivity index (χ4n) is 5.21. The molecule has 2 saturated heterocycles. The highest BCUT2D eigenvalue weighted by atomic mass is 35.5. The van der Waals surface area contributed by atoms with E-state index >= 15 is 0 Å². The average molecular weight is 414 g/mol. The minimum Gasteiger partial charge on any atom is -0.372 e. The molecule has 0 aliphatic carbocycles. The van der Waals surface area contributed by atoms with Gasteiger partial charge in [0.15, 0.2) is 0 Å². The number of hydrogen-bond acceptors (Lipinski definition) is 3. The summed E-state index contributed by atoms with van der Waals surface area (Å²) in [6, 6.07) is 10.3. The molecule has 0 saturated carbocycles. The van der Waals surface area contributed by atoms with Crippen molar-refractivity contribution in [2.24, 2.45) is 5.41 Å². The predicted molar refractivity (Wildman–Crippen MR) is 115 cm³/mol. The average Bonchev–Trinajstić information content (AvgIpc) is 3.28. The monoisotopic (exact) mass is 413 g/mol. The summed E-state index contributed by atoms with van der Waals surface area (Å²) in [5, 5.41) is 4.50. The van der Waals surface area contributed by atoms with Crippen molar-refractivity contribution in [3.63, 3.8) is 0 Å². The van der Waals surface area contributed by atoms with Gasteiger partial charge >= 0.3 is 0 Å². The molecule has 1 aromatic heterocycles. The zero-order chi connectivity index (χ0) is 20.4. The molecule has 3 aliphatic heterocycles.